The second kappa shape index (κ2) is 3.62. The number of carbonyl (C=O) groups excluding carboxylic acids is 1. The number of carbonyl (C=O) groups is 1. The Kier molecular flexibility index (Phi) is 2.57. The minimum Gasteiger partial charge on any atom is -0.298 e. The summed E-state index contributed by atoms with van der Waals surface area (Å²) < 4.78 is 0. The number of fused-ring (bicyclic) bond motifs is 2. The summed E-state index contributed by atoms with van der Waals surface area (Å²) in [6.07, 6.45) is 11.1. The lowest BCUT2D eigenvalue weighted by Crippen LogP contribution is -2.39. The first kappa shape index (κ1) is 10.7. The van der Waals surface area contributed by atoms with E-state index < -0.39 is 0 Å². The molecule has 2 aliphatic rings. The highest BCUT2D eigenvalue weighted by atomic mass is 16.1. The molecule has 2 rings (SSSR count). The minimum atomic E-state index is -0.0387. The van der Waals surface area contributed by atoms with Crippen molar-refractivity contribution in [1.29, 1.82) is 0 Å². The Bertz CT molecular complexity index is 276. The van der Waals surface area contributed by atoms with Gasteiger partial charge in [-0.05, 0) is 38.5 Å². The van der Waals surface area contributed by atoms with Crippen LogP contribution in [0.5, 0.6) is 0 Å². The lowest BCUT2D eigenvalue weighted by atomic mass is 9.65. The van der Waals surface area contributed by atoms with E-state index in [9.17, 15) is 4.79 Å². The molecule has 2 atom stereocenters. The van der Waals surface area contributed by atoms with Crippen LogP contribution in [-0.2, 0) is 4.79 Å². The molecule has 0 amide bonds. The van der Waals surface area contributed by atoms with Gasteiger partial charge in [0.25, 0.3) is 0 Å². The first-order chi connectivity index (χ1) is 7.19. The summed E-state index contributed by atoms with van der Waals surface area (Å²) in [5.41, 5.74) is -0.0774. The number of ketones is 1. The van der Waals surface area contributed by atoms with Crippen molar-refractivity contribution in [3.8, 4) is 0 Å². The van der Waals surface area contributed by atoms with Gasteiger partial charge in [0.2, 0.25) is 0 Å². The lowest BCUT2D eigenvalue weighted by molar-refractivity contribution is -0.137. The molecule has 2 saturated carbocycles. The third kappa shape index (κ3) is 1.40. The van der Waals surface area contributed by atoms with Gasteiger partial charge in [0.1, 0.15) is 5.78 Å². The van der Waals surface area contributed by atoms with Gasteiger partial charge in [-0.3, -0.25) is 4.79 Å². The molecule has 2 aliphatic carbocycles. The van der Waals surface area contributed by atoms with Crippen molar-refractivity contribution in [3.63, 3.8) is 0 Å². The Morgan fingerprint density at radius 3 is 1.87 bits per heavy atom. The molecule has 0 aromatic carbocycles. The summed E-state index contributed by atoms with van der Waals surface area (Å²) in [6.45, 7) is 7.59. The van der Waals surface area contributed by atoms with Crippen LogP contribution in [0.2, 0.25) is 0 Å². The Morgan fingerprint density at radius 2 is 1.47 bits per heavy atom. The highest BCUT2D eigenvalue weighted by Crippen LogP contribution is 2.58. The van der Waals surface area contributed by atoms with Gasteiger partial charge in [-0.2, -0.15) is 0 Å². The van der Waals surface area contributed by atoms with Gasteiger partial charge >= 0.3 is 0 Å². The fourth-order valence-corrected chi connectivity index (χ4v) is 3.66. The predicted molar refractivity (Wildman–Crippen MR) is 62.6 cm³/mol. The monoisotopic (exact) mass is 204 g/mol. The fraction of sp³-hybridized carbons (Fsp3) is 0.643. The highest BCUT2D eigenvalue weighted by Gasteiger charge is 2.57. The van der Waals surface area contributed by atoms with Crippen molar-refractivity contribution in [2.45, 2.75) is 44.9 Å². The molecule has 82 valence electrons. The minimum absolute atomic E-state index is 0.0387. The first-order valence-electron chi connectivity index (χ1n) is 5.96. The maximum absolute atomic E-state index is 12.5. The smallest absolute Gasteiger partial charge is 0.145 e. The van der Waals surface area contributed by atoms with E-state index in [4.69, 9.17) is 0 Å². The molecule has 15 heavy (non-hydrogen) atoms. The Morgan fingerprint density at radius 1 is 1.00 bits per heavy atom. The zero-order chi connectivity index (χ0) is 10.9. The third-order valence-electron chi connectivity index (χ3n) is 4.43. The average molecular weight is 204 g/mol. The van der Waals surface area contributed by atoms with E-state index in [2.05, 4.69) is 13.2 Å². The van der Waals surface area contributed by atoms with Crippen molar-refractivity contribution >= 4 is 5.78 Å². The van der Waals surface area contributed by atoms with Crippen molar-refractivity contribution in [1.82, 2.24) is 0 Å². The second-order valence-electron chi connectivity index (χ2n) is 5.23. The molecular weight excluding hydrogens is 184 g/mol. The molecule has 0 aliphatic heterocycles. The predicted octanol–water partition coefficient (Wildman–Crippen LogP) is 3.66. The summed E-state index contributed by atoms with van der Waals surface area (Å²) in [5, 5.41) is 0. The summed E-state index contributed by atoms with van der Waals surface area (Å²) in [4.78, 5) is 12.5. The average Bonchev–Trinajstić information content (AvgIpc) is 2.39. The quantitative estimate of drug-likeness (QED) is 0.639. The summed E-state index contributed by atoms with van der Waals surface area (Å²) in [7, 11) is 0. The molecule has 2 unspecified atom stereocenters. The molecule has 0 aromatic rings. The zero-order valence-electron chi connectivity index (χ0n) is 9.43. The molecule has 1 nitrogen and oxygen atoms in total. The van der Waals surface area contributed by atoms with Crippen molar-refractivity contribution < 1.29 is 4.79 Å². The molecular formula is C14H20O. The van der Waals surface area contributed by atoms with Crippen molar-refractivity contribution in [2.75, 3.05) is 0 Å². The molecule has 0 N–H and O–H groups in total. The molecule has 2 fully saturated rings. The van der Waals surface area contributed by atoms with Crippen LogP contribution in [0.25, 0.3) is 0 Å². The van der Waals surface area contributed by atoms with Crippen LogP contribution in [0.1, 0.15) is 44.9 Å². The summed E-state index contributed by atoms with van der Waals surface area (Å²) >= 11 is 0. The Hall–Kier alpha value is -0.850. The number of hydrogen-bond donors (Lipinski definition) is 0. The lowest BCUT2D eigenvalue weighted by Gasteiger charge is -2.37. The number of hydrogen-bond acceptors (Lipinski definition) is 1. The van der Waals surface area contributed by atoms with Crippen LogP contribution in [0.3, 0.4) is 0 Å². The molecule has 0 radical (unpaired) electrons. The topological polar surface area (TPSA) is 17.1 Å². The maximum atomic E-state index is 12.5. The molecule has 0 spiro atoms. The molecule has 1 heteroatoms. The van der Waals surface area contributed by atoms with Gasteiger partial charge in [-0.15, -0.1) is 13.2 Å². The summed E-state index contributed by atoms with van der Waals surface area (Å²) in [6, 6.07) is 0. The van der Waals surface area contributed by atoms with Crippen LogP contribution in [-0.4, -0.2) is 5.78 Å². The van der Waals surface area contributed by atoms with E-state index >= 15 is 0 Å². The van der Waals surface area contributed by atoms with Crippen LogP contribution >= 0.6 is 0 Å². The number of allylic oxidation sites excluding steroid dienone is 2. The SMILES string of the molecule is C=CCC12CCCC(CC=C)(CC1)C2=O. The van der Waals surface area contributed by atoms with Crippen LogP contribution in [0.4, 0.5) is 0 Å². The number of rotatable bonds is 4. The molecule has 0 heterocycles. The second-order valence-corrected chi connectivity index (χ2v) is 5.23. The normalized spacial score (nSPS) is 39.1. The van der Waals surface area contributed by atoms with Crippen molar-refractivity contribution in [2.24, 2.45) is 10.8 Å². The molecule has 0 saturated heterocycles. The third-order valence-corrected chi connectivity index (χ3v) is 4.43. The summed E-state index contributed by atoms with van der Waals surface area (Å²) in [5.74, 6) is 0.515. The van der Waals surface area contributed by atoms with Gasteiger partial charge in [-0.1, -0.05) is 18.6 Å². The zero-order valence-corrected chi connectivity index (χ0v) is 9.43. The van der Waals surface area contributed by atoms with Gasteiger partial charge in [0.05, 0.1) is 0 Å². The highest BCUT2D eigenvalue weighted by molar-refractivity contribution is 5.93. The van der Waals surface area contributed by atoms with Crippen LogP contribution in [0.15, 0.2) is 25.3 Å². The van der Waals surface area contributed by atoms with Crippen molar-refractivity contribution in [3.05, 3.63) is 25.3 Å². The van der Waals surface area contributed by atoms with Crippen LogP contribution < -0.4 is 0 Å². The van der Waals surface area contributed by atoms with E-state index in [-0.39, 0.29) is 10.8 Å². The van der Waals surface area contributed by atoms with E-state index in [1.807, 2.05) is 12.2 Å². The van der Waals surface area contributed by atoms with E-state index in [1.54, 1.807) is 0 Å². The standard InChI is InChI=1S/C14H20O/c1-3-6-13-8-5-9-14(7-4-2,11-10-13)12(13)15/h3-4H,1-2,5-11H2. The molecule has 0 aromatic heterocycles. The van der Waals surface area contributed by atoms with E-state index in [0.29, 0.717) is 5.78 Å². The Labute approximate surface area is 92.3 Å². The number of Topliss-reactive ketones (excluding diaryl/α,β-unsaturated/α-hetero) is 1. The van der Waals surface area contributed by atoms with Crippen LogP contribution in [0, 0.1) is 10.8 Å². The van der Waals surface area contributed by atoms with Gasteiger partial charge in [-0.25, -0.2) is 0 Å². The Balaban J connectivity index is 2.29. The maximum Gasteiger partial charge on any atom is 0.145 e. The van der Waals surface area contributed by atoms with Gasteiger partial charge in [0, 0.05) is 10.8 Å². The van der Waals surface area contributed by atoms with E-state index in [0.717, 1.165) is 38.5 Å². The van der Waals surface area contributed by atoms with Gasteiger partial charge < -0.3 is 0 Å². The van der Waals surface area contributed by atoms with Gasteiger partial charge in [0.15, 0.2) is 0 Å². The van der Waals surface area contributed by atoms with E-state index in [1.165, 1.54) is 6.42 Å². The largest absolute Gasteiger partial charge is 0.298 e. The molecule has 2 bridgehead atoms. The fourth-order valence-electron chi connectivity index (χ4n) is 3.66. The first-order valence-corrected chi connectivity index (χ1v) is 5.96.